The molecule has 0 spiro atoms. The highest BCUT2D eigenvalue weighted by molar-refractivity contribution is 5.95. The highest BCUT2D eigenvalue weighted by Crippen LogP contribution is 2.24. The summed E-state index contributed by atoms with van der Waals surface area (Å²) in [5, 5.41) is 5.31. The largest absolute Gasteiger partial charge is 0.495 e. The maximum atomic E-state index is 11.9. The lowest BCUT2D eigenvalue weighted by atomic mass is 10.2. The van der Waals surface area contributed by atoms with E-state index in [2.05, 4.69) is 10.6 Å². The van der Waals surface area contributed by atoms with Gasteiger partial charge in [0.05, 0.1) is 25.6 Å². The molecular weight excluding hydrogens is 296 g/mol. The third-order valence-electron chi connectivity index (χ3n) is 3.25. The molecule has 23 heavy (non-hydrogen) atoms. The summed E-state index contributed by atoms with van der Waals surface area (Å²) in [6, 6.07) is 9.08. The Hall–Kier alpha value is -2.76. The first-order chi connectivity index (χ1) is 11.1. The minimum atomic E-state index is -0.305. The summed E-state index contributed by atoms with van der Waals surface area (Å²) in [6.45, 7) is 1.83. The fourth-order valence-electron chi connectivity index (χ4n) is 2.07. The molecule has 0 radical (unpaired) electrons. The number of aryl methyl sites for hydroxylation is 2. The third kappa shape index (κ3) is 5.18. The van der Waals surface area contributed by atoms with Crippen LogP contribution in [0.5, 0.6) is 5.75 Å². The van der Waals surface area contributed by atoms with Crippen molar-refractivity contribution in [1.82, 2.24) is 5.32 Å². The monoisotopic (exact) mass is 316 g/mol. The summed E-state index contributed by atoms with van der Waals surface area (Å²) in [7, 11) is 1.54. The van der Waals surface area contributed by atoms with Gasteiger partial charge in [-0.3, -0.25) is 9.59 Å². The molecule has 0 atom stereocenters. The summed E-state index contributed by atoms with van der Waals surface area (Å²) in [4.78, 5) is 23.6. The molecule has 0 saturated carbocycles. The first kappa shape index (κ1) is 16.6. The topological polar surface area (TPSA) is 80.6 Å². The van der Waals surface area contributed by atoms with E-state index < -0.39 is 0 Å². The second kappa shape index (κ2) is 8.03. The standard InChI is InChI=1S/C17H20N2O4/c1-12-5-7-15(22-2)14(10-12)19-17(21)11-18-16(20)8-6-13-4-3-9-23-13/h3-5,7,9-10H,6,8,11H2,1-2H3,(H,18,20)(H,19,21). The molecule has 0 aliphatic carbocycles. The van der Waals surface area contributed by atoms with Crippen molar-refractivity contribution in [2.24, 2.45) is 0 Å². The zero-order chi connectivity index (χ0) is 16.7. The highest BCUT2D eigenvalue weighted by atomic mass is 16.5. The van der Waals surface area contributed by atoms with Gasteiger partial charge in [-0.05, 0) is 36.8 Å². The van der Waals surface area contributed by atoms with Gasteiger partial charge in [0, 0.05) is 12.8 Å². The summed E-state index contributed by atoms with van der Waals surface area (Å²) >= 11 is 0. The second-order valence-electron chi connectivity index (χ2n) is 5.11. The van der Waals surface area contributed by atoms with Crippen molar-refractivity contribution in [2.75, 3.05) is 19.0 Å². The number of methoxy groups -OCH3 is 1. The Kier molecular flexibility index (Phi) is 5.80. The number of rotatable bonds is 7. The van der Waals surface area contributed by atoms with Gasteiger partial charge in [0.25, 0.3) is 0 Å². The Morgan fingerprint density at radius 1 is 1.22 bits per heavy atom. The average Bonchev–Trinajstić information content (AvgIpc) is 3.04. The predicted molar refractivity (Wildman–Crippen MR) is 86.4 cm³/mol. The van der Waals surface area contributed by atoms with E-state index in [1.165, 1.54) is 7.11 Å². The molecule has 1 aromatic carbocycles. The van der Waals surface area contributed by atoms with Crippen molar-refractivity contribution in [3.63, 3.8) is 0 Å². The van der Waals surface area contributed by atoms with Gasteiger partial charge in [-0.15, -0.1) is 0 Å². The Balaban J connectivity index is 1.78. The van der Waals surface area contributed by atoms with Crippen molar-refractivity contribution in [2.45, 2.75) is 19.8 Å². The van der Waals surface area contributed by atoms with Crippen LogP contribution in [0.4, 0.5) is 5.69 Å². The Bertz CT molecular complexity index is 665. The number of ether oxygens (including phenoxy) is 1. The van der Waals surface area contributed by atoms with Crippen LogP contribution in [0.25, 0.3) is 0 Å². The molecule has 1 aromatic heterocycles. The van der Waals surface area contributed by atoms with Gasteiger partial charge in [-0.2, -0.15) is 0 Å². The molecule has 0 fully saturated rings. The van der Waals surface area contributed by atoms with E-state index >= 15 is 0 Å². The number of carbonyl (C=O) groups is 2. The van der Waals surface area contributed by atoms with Gasteiger partial charge < -0.3 is 19.8 Å². The minimum absolute atomic E-state index is 0.0892. The molecule has 1 heterocycles. The Morgan fingerprint density at radius 2 is 2.04 bits per heavy atom. The predicted octanol–water partition coefficient (Wildman–Crippen LogP) is 2.28. The number of nitrogens with one attached hydrogen (secondary N) is 2. The summed E-state index contributed by atoms with van der Waals surface area (Å²) in [5.74, 6) is 0.815. The van der Waals surface area contributed by atoms with Gasteiger partial charge in [-0.25, -0.2) is 0 Å². The number of hydrogen-bond donors (Lipinski definition) is 2. The van der Waals surface area contributed by atoms with E-state index in [0.29, 0.717) is 17.9 Å². The minimum Gasteiger partial charge on any atom is -0.495 e. The zero-order valence-electron chi connectivity index (χ0n) is 13.2. The maximum Gasteiger partial charge on any atom is 0.243 e. The number of hydrogen-bond acceptors (Lipinski definition) is 4. The molecule has 6 nitrogen and oxygen atoms in total. The van der Waals surface area contributed by atoms with Gasteiger partial charge >= 0.3 is 0 Å². The highest BCUT2D eigenvalue weighted by Gasteiger charge is 2.10. The molecule has 0 aliphatic heterocycles. The lowest BCUT2D eigenvalue weighted by molar-refractivity contribution is -0.124. The summed E-state index contributed by atoms with van der Waals surface area (Å²) < 4.78 is 10.3. The molecule has 0 bridgehead atoms. The van der Waals surface area contributed by atoms with E-state index in [4.69, 9.17) is 9.15 Å². The second-order valence-corrected chi connectivity index (χ2v) is 5.11. The van der Waals surface area contributed by atoms with Crippen molar-refractivity contribution in [1.29, 1.82) is 0 Å². The van der Waals surface area contributed by atoms with Crippen LogP contribution >= 0.6 is 0 Å². The van der Waals surface area contributed by atoms with Gasteiger partial charge in [0.15, 0.2) is 0 Å². The van der Waals surface area contributed by atoms with Crippen molar-refractivity contribution in [3.8, 4) is 5.75 Å². The van der Waals surface area contributed by atoms with Crippen LogP contribution in [-0.4, -0.2) is 25.5 Å². The average molecular weight is 316 g/mol. The van der Waals surface area contributed by atoms with Crippen LogP contribution in [0.1, 0.15) is 17.7 Å². The fraction of sp³-hybridized carbons (Fsp3) is 0.294. The first-order valence-electron chi connectivity index (χ1n) is 7.32. The molecule has 2 aromatic rings. The summed E-state index contributed by atoms with van der Waals surface area (Å²) in [5.41, 5.74) is 1.59. The molecule has 0 unspecified atom stereocenters. The van der Waals surface area contributed by atoms with E-state index in [9.17, 15) is 9.59 Å². The number of benzene rings is 1. The van der Waals surface area contributed by atoms with E-state index in [0.717, 1.165) is 11.3 Å². The number of anilines is 1. The molecular formula is C17H20N2O4. The lowest BCUT2D eigenvalue weighted by Crippen LogP contribution is -2.33. The normalized spacial score (nSPS) is 10.2. The molecule has 2 N–H and O–H groups in total. The van der Waals surface area contributed by atoms with Crippen molar-refractivity contribution >= 4 is 17.5 Å². The van der Waals surface area contributed by atoms with E-state index in [1.807, 2.05) is 25.1 Å². The van der Waals surface area contributed by atoms with Gasteiger partial charge in [0.2, 0.25) is 11.8 Å². The lowest BCUT2D eigenvalue weighted by Gasteiger charge is -2.11. The molecule has 0 aliphatic rings. The number of carbonyl (C=O) groups excluding carboxylic acids is 2. The van der Waals surface area contributed by atoms with Crippen LogP contribution in [-0.2, 0) is 16.0 Å². The van der Waals surface area contributed by atoms with Crippen LogP contribution in [0.2, 0.25) is 0 Å². The van der Waals surface area contributed by atoms with E-state index in [-0.39, 0.29) is 24.8 Å². The molecule has 6 heteroatoms. The molecule has 0 saturated heterocycles. The van der Waals surface area contributed by atoms with Crippen molar-refractivity contribution in [3.05, 3.63) is 47.9 Å². The van der Waals surface area contributed by atoms with Crippen LogP contribution in [0.3, 0.4) is 0 Å². The molecule has 122 valence electrons. The van der Waals surface area contributed by atoms with Crippen LogP contribution in [0, 0.1) is 6.92 Å². The maximum absolute atomic E-state index is 11.9. The molecule has 2 amide bonds. The SMILES string of the molecule is COc1ccc(C)cc1NC(=O)CNC(=O)CCc1ccco1. The number of amides is 2. The smallest absolute Gasteiger partial charge is 0.243 e. The van der Waals surface area contributed by atoms with Crippen molar-refractivity contribution < 1.29 is 18.7 Å². The third-order valence-corrected chi connectivity index (χ3v) is 3.25. The van der Waals surface area contributed by atoms with Crippen LogP contribution < -0.4 is 15.4 Å². The zero-order valence-corrected chi connectivity index (χ0v) is 13.2. The quantitative estimate of drug-likeness (QED) is 0.821. The van der Waals surface area contributed by atoms with Gasteiger partial charge in [0.1, 0.15) is 11.5 Å². The first-order valence-corrected chi connectivity index (χ1v) is 7.32. The Labute approximate surface area is 134 Å². The van der Waals surface area contributed by atoms with Gasteiger partial charge in [-0.1, -0.05) is 6.07 Å². The Morgan fingerprint density at radius 3 is 2.74 bits per heavy atom. The fourth-order valence-corrected chi connectivity index (χ4v) is 2.07. The van der Waals surface area contributed by atoms with E-state index in [1.54, 1.807) is 18.4 Å². The number of furan rings is 1. The summed E-state index contributed by atoms with van der Waals surface area (Å²) in [6.07, 6.45) is 2.34. The molecule has 2 rings (SSSR count). The van der Waals surface area contributed by atoms with Crippen LogP contribution in [0.15, 0.2) is 41.0 Å².